The standard InChI is InChI=1S/C48H96O2/c1-4-7-10-13-16-19-21-22-23-24-25-26-27-28-30-33-36-39-42-45-48(49)50-46-47(43-40-37-34-31-18-15-12-9-6-3)44-41-38-35-32-29-20-17-14-11-8-5-2/h47H,4-46H2,1-3H3. The Bertz CT molecular complexity index is 615. The number of hydrogen-bond donors (Lipinski definition) is 0. The molecule has 0 rings (SSSR count). The summed E-state index contributed by atoms with van der Waals surface area (Å²) in [4.78, 5) is 12.6. The summed E-state index contributed by atoms with van der Waals surface area (Å²) in [6, 6.07) is 0. The van der Waals surface area contributed by atoms with Gasteiger partial charge in [-0.05, 0) is 25.2 Å². The molecule has 0 saturated carbocycles. The normalized spacial score (nSPS) is 12.1. The van der Waals surface area contributed by atoms with Gasteiger partial charge in [0.2, 0.25) is 0 Å². The Morgan fingerprint density at radius 2 is 0.540 bits per heavy atom. The summed E-state index contributed by atoms with van der Waals surface area (Å²) in [7, 11) is 0. The Morgan fingerprint density at radius 3 is 0.800 bits per heavy atom. The van der Waals surface area contributed by atoms with Gasteiger partial charge in [0.25, 0.3) is 0 Å². The molecule has 300 valence electrons. The van der Waals surface area contributed by atoms with E-state index in [-0.39, 0.29) is 5.97 Å². The van der Waals surface area contributed by atoms with Crippen LogP contribution in [-0.2, 0) is 9.53 Å². The van der Waals surface area contributed by atoms with Crippen molar-refractivity contribution >= 4 is 5.97 Å². The molecule has 0 aromatic heterocycles. The number of unbranched alkanes of at least 4 members (excludes halogenated alkanes) is 36. The zero-order valence-electron chi connectivity index (χ0n) is 35.3. The van der Waals surface area contributed by atoms with Crippen molar-refractivity contribution in [3.8, 4) is 0 Å². The van der Waals surface area contributed by atoms with E-state index in [9.17, 15) is 4.79 Å². The third-order valence-electron chi connectivity index (χ3n) is 11.4. The summed E-state index contributed by atoms with van der Waals surface area (Å²) in [5.41, 5.74) is 0. The predicted molar refractivity (Wildman–Crippen MR) is 225 cm³/mol. The molecule has 0 aromatic carbocycles. The van der Waals surface area contributed by atoms with Crippen LogP contribution in [0.25, 0.3) is 0 Å². The van der Waals surface area contributed by atoms with Gasteiger partial charge in [-0.1, -0.05) is 265 Å². The van der Waals surface area contributed by atoms with Gasteiger partial charge < -0.3 is 4.74 Å². The molecule has 0 bridgehead atoms. The van der Waals surface area contributed by atoms with E-state index >= 15 is 0 Å². The van der Waals surface area contributed by atoms with Crippen LogP contribution in [0.5, 0.6) is 0 Å². The third-order valence-corrected chi connectivity index (χ3v) is 11.4. The number of rotatable bonds is 44. The van der Waals surface area contributed by atoms with Crippen LogP contribution < -0.4 is 0 Å². The van der Waals surface area contributed by atoms with Crippen molar-refractivity contribution in [2.45, 2.75) is 290 Å². The number of ether oxygens (including phenoxy) is 1. The predicted octanol–water partition coefficient (Wildman–Crippen LogP) is 17.6. The summed E-state index contributed by atoms with van der Waals surface area (Å²) >= 11 is 0. The quantitative estimate of drug-likeness (QED) is 0.0466. The van der Waals surface area contributed by atoms with Crippen LogP contribution in [0, 0.1) is 5.92 Å². The van der Waals surface area contributed by atoms with Crippen molar-refractivity contribution in [2.75, 3.05) is 6.61 Å². The molecule has 0 aliphatic carbocycles. The molecular formula is C48H96O2. The van der Waals surface area contributed by atoms with Crippen LogP contribution in [0.2, 0.25) is 0 Å². The summed E-state index contributed by atoms with van der Waals surface area (Å²) in [6.45, 7) is 7.57. The molecule has 2 heteroatoms. The second-order valence-electron chi connectivity index (χ2n) is 16.6. The van der Waals surface area contributed by atoms with E-state index in [0.717, 1.165) is 6.42 Å². The van der Waals surface area contributed by atoms with E-state index in [4.69, 9.17) is 4.74 Å². The molecule has 0 radical (unpaired) electrons. The fourth-order valence-electron chi connectivity index (χ4n) is 7.78. The SMILES string of the molecule is CCCCCCCCCCCCCCCCCCCCCC(=O)OCC(CCCCCCCCCCC)CCCCCCCCCCCCC. The first-order valence-electron chi connectivity index (χ1n) is 23.9. The molecule has 0 aromatic rings. The molecule has 0 amide bonds. The molecule has 2 nitrogen and oxygen atoms in total. The molecule has 0 heterocycles. The lowest BCUT2D eigenvalue weighted by atomic mass is 9.94. The highest BCUT2D eigenvalue weighted by atomic mass is 16.5. The van der Waals surface area contributed by atoms with Crippen LogP contribution in [0.3, 0.4) is 0 Å². The van der Waals surface area contributed by atoms with Gasteiger partial charge in [0, 0.05) is 6.42 Å². The highest BCUT2D eigenvalue weighted by molar-refractivity contribution is 5.69. The maximum absolute atomic E-state index is 12.6. The van der Waals surface area contributed by atoms with Gasteiger partial charge in [0.1, 0.15) is 0 Å². The lowest BCUT2D eigenvalue weighted by molar-refractivity contribution is -0.145. The minimum absolute atomic E-state index is 0.0630. The van der Waals surface area contributed by atoms with Gasteiger partial charge >= 0.3 is 5.97 Å². The number of carbonyl (C=O) groups excluding carboxylic acids is 1. The first-order valence-corrected chi connectivity index (χ1v) is 23.9. The Kier molecular flexibility index (Phi) is 44.2. The fourth-order valence-corrected chi connectivity index (χ4v) is 7.78. The first-order chi connectivity index (χ1) is 24.7. The van der Waals surface area contributed by atoms with Crippen molar-refractivity contribution in [3.05, 3.63) is 0 Å². The Morgan fingerprint density at radius 1 is 0.320 bits per heavy atom. The Hall–Kier alpha value is -0.530. The molecule has 0 aliphatic rings. The molecule has 0 spiro atoms. The van der Waals surface area contributed by atoms with Crippen molar-refractivity contribution in [2.24, 2.45) is 5.92 Å². The van der Waals surface area contributed by atoms with Crippen LogP contribution in [0.4, 0.5) is 0 Å². The largest absolute Gasteiger partial charge is 0.465 e. The van der Waals surface area contributed by atoms with Crippen LogP contribution in [0.15, 0.2) is 0 Å². The van der Waals surface area contributed by atoms with E-state index < -0.39 is 0 Å². The van der Waals surface area contributed by atoms with Crippen molar-refractivity contribution in [3.63, 3.8) is 0 Å². The second kappa shape index (κ2) is 44.6. The average molecular weight is 705 g/mol. The van der Waals surface area contributed by atoms with Gasteiger partial charge in [0.15, 0.2) is 0 Å². The van der Waals surface area contributed by atoms with Crippen molar-refractivity contribution in [1.29, 1.82) is 0 Å². The number of esters is 1. The molecule has 1 unspecified atom stereocenters. The number of carbonyl (C=O) groups is 1. The van der Waals surface area contributed by atoms with Crippen LogP contribution in [-0.4, -0.2) is 12.6 Å². The smallest absolute Gasteiger partial charge is 0.305 e. The molecule has 50 heavy (non-hydrogen) atoms. The lowest BCUT2D eigenvalue weighted by Crippen LogP contribution is -2.14. The van der Waals surface area contributed by atoms with Crippen molar-refractivity contribution < 1.29 is 9.53 Å². The summed E-state index contributed by atoms with van der Waals surface area (Å²) in [5.74, 6) is 0.639. The molecular weight excluding hydrogens is 609 g/mol. The zero-order valence-corrected chi connectivity index (χ0v) is 35.3. The minimum Gasteiger partial charge on any atom is -0.465 e. The molecule has 1 atom stereocenters. The zero-order chi connectivity index (χ0) is 36.3. The summed E-state index contributed by atoms with van der Waals surface area (Å²) < 4.78 is 5.89. The van der Waals surface area contributed by atoms with Crippen LogP contribution in [0.1, 0.15) is 290 Å². The maximum atomic E-state index is 12.6. The average Bonchev–Trinajstić information content (AvgIpc) is 3.12. The summed E-state index contributed by atoms with van der Waals surface area (Å²) in [6.07, 6.45) is 57.3. The first kappa shape index (κ1) is 49.5. The Balaban J connectivity index is 3.87. The van der Waals surface area contributed by atoms with Gasteiger partial charge in [-0.15, -0.1) is 0 Å². The second-order valence-corrected chi connectivity index (χ2v) is 16.6. The highest BCUT2D eigenvalue weighted by Crippen LogP contribution is 2.21. The van der Waals surface area contributed by atoms with E-state index in [1.807, 2.05) is 0 Å². The van der Waals surface area contributed by atoms with Crippen molar-refractivity contribution in [1.82, 2.24) is 0 Å². The highest BCUT2D eigenvalue weighted by Gasteiger charge is 2.12. The summed E-state index contributed by atoms with van der Waals surface area (Å²) in [5, 5.41) is 0. The van der Waals surface area contributed by atoms with E-state index in [1.54, 1.807) is 0 Å². The van der Waals surface area contributed by atoms with Gasteiger partial charge in [-0.3, -0.25) is 4.79 Å². The van der Waals surface area contributed by atoms with Gasteiger partial charge in [-0.25, -0.2) is 0 Å². The Labute approximate surface area is 317 Å². The molecule has 0 N–H and O–H groups in total. The maximum Gasteiger partial charge on any atom is 0.305 e. The fraction of sp³-hybridized carbons (Fsp3) is 0.979. The minimum atomic E-state index is 0.0630. The van der Waals surface area contributed by atoms with Gasteiger partial charge in [0.05, 0.1) is 6.61 Å². The molecule has 0 aliphatic heterocycles. The molecule has 0 fully saturated rings. The van der Waals surface area contributed by atoms with Crippen LogP contribution >= 0.6 is 0 Å². The van der Waals surface area contributed by atoms with Gasteiger partial charge in [-0.2, -0.15) is 0 Å². The van der Waals surface area contributed by atoms with E-state index in [1.165, 1.54) is 257 Å². The van der Waals surface area contributed by atoms with E-state index in [2.05, 4.69) is 20.8 Å². The monoisotopic (exact) mass is 705 g/mol. The third kappa shape index (κ3) is 41.9. The van der Waals surface area contributed by atoms with E-state index in [0.29, 0.717) is 18.9 Å². The topological polar surface area (TPSA) is 26.3 Å². The lowest BCUT2D eigenvalue weighted by Gasteiger charge is -2.17. The molecule has 0 saturated heterocycles. The number of hydrogen-bond acceptors (Lipinski definition) is 2.